The summed E-state index contributed by atoms with van der Waals surface area (Å²) in [7, 11) is 0. The van der Waals surface area contributed by atoms with Crippen LogP contribution >= 0.6 is 0 Å². The SMILES string of the molecule is CC/C=C\C/C=C\C/C=C\C/C=C\C/C=C\C/C=C\C/C=C\C/C=C\C/C=C\C/C=C\CCCCCCC(=O)OCC(COC(=O)CCCCC/C=C\C/C=C\C/C=C\CC)OC(=O)CCCCCCCCCCCCCCCC. The second kappa shape index (κ2) is 66.5. The van der Waals surface area contributed by atoms with Crippen LogP contribution in [0, 0.1) is 0 Å². The molecule has 0 amide bonds. The average Bonchev–Trinajstić information content (AvgIpc) is 3.46. The van der Waals surface area contributed by atoms with Crippen LogP contribution in [0.2, 0.25) is 0 Å². The van der Waals surface area contributed by atoms with Crippen LogP contribution in [-0.4, -0.2) is 37.2 Å². The second-order valence-corrected chi connectivity index (χ2v) is 20.9. The topological polar surface area (TPSA) is 78.9 Å². The maximum atomic E-state index is 12.9. The van der Waals surface area contributed by atoms with Crippen molar-refractivity contribution in [2.24, 2.45) is 0 Å². The fraction of sp³-hybridized carbons (Fsp3) is 0.608. The van der Waals surface area contributed by atoms with Crippen molar-refractivity contribution in [3.05, 3.63) is 158 Å². The van der Waals surface area contributed by atoms with Crippen LogP contribution in [0.15, 0.2) is 158 Å². The Balaban J connectivity index is 4.32. The first kappa shape index (κ1) is 75.0. The number of ether oxygens (including phenoxy) is 3. The zero-order valence-corrected chi connectivity index (χ0v) is 51.5. The Morgan fingerprint density at radius 2 is 0.487 bits per heavy atom. The molecule has 0 rings (SSSR count). The van der Waals surface area contributed by atoms with Crippen molar-refractivity contribution in [3.8, 4) is 0 Å². The standard InChI is InChI=1S/C74H118O6/c1-4-7-10-13-16-19-22-25-27-28-29-30-31-32-33-34-35-36-37-38-39-40-41-42-43-44-45-46-47-50-52-55-58-61-64-67-73(76)79-70-71(69-78-72(75)66-63-60-57-54-51-48-24-21-18-15-12-9-6-3)80-74(77)68-65-62-59-56-53-49-26-23-20-17-14-11-8-5-2/h7,9-10,12,16,18-19,21,25,27,29-30,32-33,35-36,38-39,41-42,44-45,47-48,50-51,71H,4-6,8,11,13-15,17,20,22-24,26,28,31,34,37,40,43,46,49,52-70H2,1-3H3/b10-7-,12-9-,19-16-,21-18-,27-25-,30-29-,33-32-,36-35-,39-38-,42-41-,45-44-,50-47-,51-48-. The maximum absolute atomic E-state index is 12.9. The predicted octanol–water partition coefficient (Wildman–Crippen LogP) is 22.5. The van der Waals surface area contributed by atoms with Crippen molar-refractivity contribution in [1.29, 1.82) is 0 Å². The minimum absolute atomic E-state index is 0.104. The van der Waals surface area contributed by atoms with E-state index in [1.807, 2.05) is 0 Å². The highest BCUT2D eigenvalue weighted by atomic mass is 16.6. The van der Waals surface area contributed by atoms with Crippen molar-refractivity contribution in [3.63, 3.8) is 0 Å². The average molecular weight is 1100 g/mol. The maximum Gasteiger partial charge on any atom is 0.306 e. The van der Waals surface area contributed by atoms with Gasteiger partial charge >= 0.3 is 17.9 Å². The van der Waals surface area contributed by atoms with Gasteiger partial charge in [-0.3, -0.25) is 14.4 Å². The zero-order valence-electron chi connectivity index (χ0n) is 51.5. The molecule has 0 heterocycles. The van der Waals surface area contributed by atoms with Gasteiger partial charge in [0.2, 0.25) is 0 Å². The fourth-order valence-corrected chi connectivity index (χ4v) is 8.48. The number of hydrogen-bond donors (Lipinski definition) is 0. The Hall–Kier alpha value is -4.97. The molecule has 0 aromatic heterocycles. The summed E-state index contributed by atoms with van der Waals surface area (Å²) in [6.07, 6.45) is 96.9. The van der Waals surface area contributed by atoms with Crippen LogP contribution in [0.4, 0.5) is 0 Å². The Morgan fingerprint density at radius 3 is 0.775 bits per heavy atom. The summed E-state index contributed by atoms with van der Waals surface area (Å²) in [5, 5.41) is 0. The van der Waals surface area contributed by atoms with E-state index in [4.69, 9.17) is 14.2 Å². The second-order valence-electron chi connectivity index (χ2n) is 20.9. The van der Waals surface area contributed by atoms with Gasteiger partial charge in [0, 0.05) is 19.3 Å². The number of allylic oxidation sites excluding steroid dienone is 26. The van der Waals surface area contributed by atoms with E-state index < -0.39 is 6.10 Å². The molecule has 0 fully saturated rings. The highest BCUT2D eigenvalue weighted by molar-refractivity contribution is 5.71. The number of esters is 3. The summed E-state index contributed by atoms with van der Waals surface area (Å²) >= 11 is 0. The van der Waals surface area contributed by atoms with Crippen LogP contribution in [0.1, 0.15) is 271 Å². The molecule has 0 N–H and O–H groups in total. The van der Waals surface area contributed by atoms with Gasteiger partial charge in [-0.2, -0.15) is 0 Å². The lowest BCUT2D eigenvalue weighted by Crippen LogP contribution is -2.30. The molecule has 0 aromatic rings. The summed E-state index contributed by atoms with van der Waals surface area (Å²) in [5.41, 5.74) is 0. The van der Waals surface area contributed by atoms with Crippen molar-refractivity contribution in [1.82, 2.24) is 0 Å². The molecule has 0 spiro atoms. The minimum atomic E-state index is -0.806. The van der Waals surface area contributed by atoms with Gasteiger partial charge in [0.05, 0.1) is 0 Å². The number of hydrogen-bond acceptors (Lipinski definition) is 6. The monoisotopic (exact) mass is 1100 g/mol. The molecule has 0 saturated heterocycles. The lowest BCUT2D eigenvalue weighted by Gasteiger charge is -2.18. The highest BCUT2D eigenvalue weighted by Crippen LogP contribution is 2.15. The van der Waals surface area contributed by atoms with E-state index in [0.29, 0.717) is 19.3 Å². The normalized spacial score (nSPS) is 13.2. The van der Waals surface area contributed by atoms with Crippen molar-refractivity contribution in [2.75, 3.05) is 13.2 Å². The van der Waals surface area contributed by atoms with E-state index in [-0.39, 0.29) is 31.1 Å². The Labute approximate surface area is 492 Å². The predicted molar refractivity (Wildman–Crippen MR) is 348 cm³/mol. The molecule has 0 bridgehead atoms. The van der Waals surface area contributed by atoms with Crippen LogP contribution in [-0.2, 0) is 28.6 Å². The Morgan fingerprint density at radius 1 is 0.263 bits per heavy atom. The molecule has 0 aliphatic carbocycles. The molecule has 450 valence electrons. The van der Waals surface area contributed by atoms with E-state index >= 15 is 0 Å². The molecule has 6 nitrogen and oxygen atoms in total. The van der Waals surface area contributed by atoms with Crippen LogP contribution in [0.3, 0.4) is 0 Å². The van der Waals surface area contributed by atoms with Crippen molar-refractivity contribution >= 4 is 17.9 Å². The largest absolute Gasteiger partial charge is 0.462 e. The lowest BCUT2D eigenvalue weighted by molar-refractivity contribution is -0.167. The van der Waals surface area contributed by atoms with E-state index in [2.05, 4.69) is 179 Å². The van der Waals surface area contributed by atoms with Gasteiger partial charge in [0.15, 0.2) is 6.10 Å². The lowest BCUT2D eigenvalue weighted by atomic mass is 10.0. The van der Waals surface area contributed by atoms with Gasteiger partial charge < -0.3 is 14.2 Å². The first-order chi connectivity index (χ1) is 39.5. The Bertz CT molecular complexity index is 1790. The van der Waals surface area contributed by atoms with Gasteiger partial charge in [-0.05, 0) is 128 Å². The molecule has 0 aromatic carbocycles. The van der Waals surface area contributed by atoms with Crippen LogP contribution < -0.4 is 0 Å². The molecule has 1 atom stereocenters. The number of unbranched alkanes of at least 4 members (excludes halogenated alkanes) is 20. The summed E-state index contributed by atoms with van der Waals surface area (Å²) in [6.45, 7) is 6.36. The van der Waals surface area contributed by atoms with Gasteiger partial charge in [0.1, 0.15) is 13.2 Å². The Kier molecular flexibility index (Phi) is 62.4. The summed E-state index contributed by atoms with van der Waals surface area (Å²) < 4.78 is 16.8. The first-order valence-electron chi connectivity index (χ1n) is 32.5. The molecule has 0 aliphatic heterocycles. The van der Waals surface area contributed by atoms with Gasteiger partial charge in [-0.15, -0.1) is 0 Å². The third-order valence-electron chi connectivity index (χ3n) is 13.3. The van der Waals surface area contributed by atoms with Gasteiger partial charge in [-0.25, -0.2) is 0 Å². The molecule has 0 saturated carbocycles. The third-order valence-corrected chi connectivity index (χ3v) is 13.3. The summed E-state index contributed by atoms with van der Waals surface area (Å²) in [6, 6.07) is 0. The molecule has 1 unspecified atom stereocenters. The smallest absolute Gasteiger partial charge is 0.306 e. The molecule has 0 aliphatic rings. The van der Waals surface area contributed by atoms with Gasteiger partial charge in [-0.1, -0.05) is 281 Å². The van der Waals surface area contributed by atoms with E-state index in [1.165, 1.54) is 70.6 Å². The van der Waals surface area contributed by atoms with E-state index in [0.717, 1.165) is 161 Å². The van der Waals surface area contributed by atoms with Crippen LogP contribution in [0.25, 0.3) is 0 Å². The summed E-state index contributed by atoms with van der Waals surface area (Å²) in [5.74, 6) is -0.957. The van der Waals surface area contributed by atoms with Gasteiger partial charge in [0.25, 0.3) is 0 Å². The quantitative estimate of drug-likeness (QED) is 0.0261. The summed E-state index contributed by atoms with van der Waals surface area (Å²) in [4.78, 5) is 38.2. The zero-order chi connectivity index (χ0) is 57.8. The third kappa shape index (κ3) is 63.9. The van der Waals surface area contributed by atoms with Crippen LogP contribution in [0.5, 0.6) is 0 Å². The highest BCUT2D eigenvalue weighted by Gasteiger charge is 2.19. The minimum Gasteiger partial charge on any atom is -0.462 e. The molecular weight excluding hydrogens is 985 g/mol. The fourth-order valence-electron chi connectivity index (χ4n) is 8.48. The molecular formula is C74H118O6. The molecule has 80 heavy (non-hydrogen) atoms. The first-order valence-corrected chi connectivity index (χ1v) is 32.5. The molecule has 6 heteroatoms. The van der Waals surface area contributed by atoms with E-state index in [9.17, 15) is 14.4 Å². The number of rotatable bonds is 57. The van der Waals surface area contributed by atoms with Crippen molar-refractivity contribution in [2.45, 2.75) is 277 Å². The van der Waals surface area contributed by atoms with E-state index in [1.54, 1.807) is 0 Å². The van der Waals surface area contributed by atoms with Crippen molar-refractivity contribution < 1.29 is 28.6 Å². The number of carbonyl (C=O) groups excluding carboxylic acids is 3. The molecule has 0 radical (unpaired) electrons. The number of carbonyl (C=O) groups is 3.